The van der Waals surface area contributed by atoms with Crippen LogP contribution in [0.3, 0.4) is 0 Å². The van der Waals surface area contributed by atoms with Crippen LogP contribution in [0.5, 0.6) is 5.75 Å². The number of para-hydroxylation sites is 1. The summed E-state index contributed by atoms with van der Waals surface area (Å²) in [7, 11) is 0. The first-order valence-corrected chi connectivity index (χ1v) is 4.85. The zero-order valence-corrected chi connectivity index (χ0v) is 8.64. The highest BCUT2D eigenvalue weighted by Crippen LogP contribution is 2.18. The molecule has 0 aliphatic carbocycles. The van der Waals surface area contributed by atoms with E-state index in [0.29, 0.717) is 12.2 Å². The lowest BCUT2D eigenvalue weighted by atomic mass is 10.1. The Morgan fingerprint density at radius 2 is 2.07 bits per heavy atom. The number of benzene rings is 1. The molecule has 1 aromatic carbocycles. The van der Waals surface area contributed by atoms with Gasteiger partial charge in [-0.05, 0) is 12.1 Å². The molecule has 0 fully saturated rings. The molecule has 0 aliphatic rings. The first-order chi connectivity index (χ1) is 7.08. The third-order valence-electron chi connectivity index (χ3n) is 2.03. The number of carboxylic acids is 1. The topological polar surface area (TPSA) is 72.5 Å². The fourth-order valence-corrected chi connectivity index (χ4v) is 1.27. The third kappa shape index (κ3) is 2.95. The van der Waals surface area contributed by atoms with E-state index in [0.717, 1.165) is 0 Å². The zero-order chi connectivity index (χ0) is 11.3. The third-order valence-corrected chi connectivity index (χ3v) is 2.03. The molecule has 4 heteroatoms. The summed E-state index contributed by atoms with van der Waals surface area (Å²) in [5, 5.41) is 8.97. The number of aliphatic carboxylic acids is 1. The van der Waals surface area contributed by atoms with E-state index >= 15 is 0 Å². The van der Waals surface area contributed by atoms with E-state index in [-0.39, 0.29) is 6.42 Å². The lowest BCUT2D eigenvalue weighted by Crippen LogP contribution is -2.53. The van der Waals surface area contributed by atoms with Gasteiger partial charge in [-0.3, -0.25) is 5.73 Å². The van der Waals surface area contributed by atoms with Gasteiger partial charge in [0.25, 0.3) is 5.72 Å². The molecular formula is C11H15NO3. The van der Waals surface area contributed by atoms with Crippen molar-refractivity contribution < 1.29 is 14.6 Å². The van der Waals surface area contributed by atoms with Gasteiger partial charge >= 0.3 is 5.97 Å². The lowest BCUT2D eigenvalue weighted by molar-refractivity contribution is -0.155. The molecule has 1 atom stereocenters. The van der Waals surface area contributed by atoms with E-state index in [1.807, 2.05) is 13.0 Å². The molecule has 82 valence electrons. The van der Waals surface area contributed by atoms with Crippen molar-refractivity contribution in [2.75, 3.05) is 0 Å². The molecule has 0 amide bonds. The van der Waals surface area contributed by atoms with E-state index in [4.69, 9.17) is 15.6 Å². The Morgan fingerprint density at radius 1 is 1.47 bits per heavy atom. The van der Waals surface area contributed by atoms with Crippen LogP contribution in [0.2, 0.25) is 0 Å². The number of carbonyl (C=O) groups is 1. The van der Waals surface area contributed by atoms with Gasteiger partial charge in [0, 0.05) is 6.42 Å². The molecule has 1 rings (SSSR count). The van der Waals surface area contributed by atoms with Crippen LogP contribution >= 0.6 is 0 Å². The zero-order valence-electron chi connectivity index (χ0n) is 8.64. The fourth-order valence-electron chi connectivity index (χ4n) is 1.27. The predicted molar refractivity (Wildman–Crippen MR) is 56.5 cm³/mol. The van der Waals surface area contributed by atoms with Crippen molar-refractivity contribution in [3.05, 3.63) is 30.3 Å². The SMILES string of the molecule is CCCC(N)(Oc1ccccc1)C(=O)O. The summed E-state index contributed by atoms with van der Waals surface area (Å²) in [6.45, 7) is 1.86. The maximum atomic E-state index is 11.0. The summed E-state index contributed by atoms with van der Waals surface area (Å²) >= 11 is 0. The molecule has 1 unspecified atom stereocenters. The molecule has 3 N–H and O–H groups in total. The van der Waals surface area contributed by atoms with Crippen LogP contribution in [-0.4, -0.2) is 16.8 Å². The first-order valence-electron chi connectivity index (χ1n) is 4.85. The van der Waals surface area contributed by atoms with E-state index in [1.54, 1.807) is 24.3 Å². The minimum absolute atomic E-state index is 0.275. The van der Waals surface area contributed by atoms with Crippen molar-refractivity contribution in [3.63, 3.8) is 0 Å². The molecule has 0 radical (unpaired) electrons. The Labute approximate surface area is 88.7 Å². The summed E-state index contributed by atoms with van der Waals surface area (Å²) in [6, 6.07) is 8.72. The molecule has 0 aromatic heterocycles. The highest BCUT2D eigenvalue weighted by molar-refractivity contribution is 5.77. The minimum atomic E-state index is -1.63. The van der Waals surface area contributed by atoms with Crippen LogP contribution in [0.4, 0.5) is 0 Å². The second-order valence-corrected chi connectivity index (χ2v) is 3.36. The summed E-state index contributed by atoms with van der Waals surface area (Å²) in [5.74, 6) is -0.677. The van der Waals surface area contributed by atoms with Gasteiger partial charge in [0.05, 0.1) is 0 Å². The van der Waals surface area contributed by atoms with Gasteiger partial charge in [-0.25, -0.2) is 4.79 Å². The predicted octanol–water partition coefficient (Wildman–Crippen LogP) is 1.61. The van der Waals surface area contributed by atoms with E-state index < -0.39 is 11.7 Å². The van der Waals surface area contributed by atoms with Crippen LogP contribution < -0.4 is 10.5 Å². The smallest absolute Gasteiger partial charge is 0.363 e. The van der Waals surface area contributed by atoms with E-state index in [2.05, 4.69) is 0 Å². The van der Waals surface area contributed by atoms with E-state index in [9.17, 15) is 4.79 Å². The van der Waals surface area contributed by atoms with Gasteiger partial charge in [-0.1, -0.05) is 31.5 Å². The van der Waals surface area contributed by atoms with Gasteiger partial charge < -0.3 is 9.84 Å². The fraction of sp³-hybridized carbons (Fsp3) is 0.364. The molecular weight excluding hydrogens is 194 g/mol. The number of nitrogens with two attached hydrogens (primary N) is 1. The maximum absolute atomic E-state index is 11.0. The van der Waals surface area contributed by atoms with Crippen LogP contribution in [0.15, 0.2) is 30.3 Å². The van der Waals surface area contributed by atoms with Gasteiger partial charge in [-0.15, -0.1) is 0 Å². The average Bonchev–Trinajstić information content (AvgIpc) is 2.19. The molecule has 0 saturated carbocycles. The quantitative estimate of drug-likeness (QED) is 0.722. The van der Waals surface area contributed by atoms with Crippen LogP contribution in [0, 0.1) is 0 Å². The number of carboxylic acid groups (broad SMARTS) is 1. The number of hydrogen-bond acceptors (Lipinski definition) is 3. The van der Waals surface area contributed by atoms with Crippen molar-refractivity contribution in [3.8, 4) is 5.75 Å². The average molecular weight is 209 g/mol. The van der Waals surface area contributed by atoms with Gasteiger partial charge in [0.2, 0.25) is 0 Å². The Hall–Kier alpha value is -1.55. The highest BCUT2D eigenvalue weighted by Gasteiger charge is 2.35. The van der Waals surface area contributed by atoms with Gasteiger partial charge in [-0.2, -0.15) is 0 Å². The number of ether oxygens (including phenoxy) is 1. The molecule has 0 heterocycles. The highest BCUT2D eigenvalue weighted by atomic mass is 16.5. The second kappa shape index (κ2) is 4.79. The first kappa shape index (κ1) is 11.5. The van der Waals surface area contributed by atoms with Gasteiger partial charge in [0.1, 0.15) is 5.75 Å². The Bertz CT molecular complexity index is 326. The monoisotopic (exact) mass is 209 g/mol. The largest absolute Gasteiger partial charge is 0.477 e. The molecule has 0 aliphatic heterocycles. The standard InChI is InChI=1S/C11H15NO3/c1-2-8-11(12,10(13)14)15-9-6-4-3-5-7-9/h3-7H,2,8,12H2,1H3,(H,13,14). The summed E-state index contributed by atoms with van der Waals surface area (Å²) in [4.78, 5) is 11.0. The van der Waals surface area contributed by atoms with Crippen LogP contribution in [-0.2, 0) is 4.79 Å². The summed E-state index contributed by atoms with van der Waals surface area (Å²) in [6.07, 6.45) is 0.923. The van der Waals surface area contributed by atoms with Crippen molar-refractivity contribution in [1.82, 2.24) is 0 Å². The molecule has 4 nitrogen and oxygen atoms in total. The molecule has 0 bridgehead atoms. The Kier molecular flexibility index (Phi) is 3.68. The minimum Gasteiger partial charge on any atom is -0.477 e. The second-order valence-electron chi connectivity index (χ2n) is 3.36. The lowest BCUT2D eigenvalue weighted by Gasteiger charge is -2.25. The van der Waals surface area contributed by atoms with Crippen molar-refractivity contribution >= 4 is 5.97 Å². The Balaban J connectivity index is 2.80. The number of hydrogen-bond donors (Lipinski definition) is 2. The summed E-state index contributed by atoms with van der Waals surface area (Å²) in [5.41, 5.74) is 4.03. The van der Waals surface area contributed by atoms with E-state index in [1.165, 1.54) is 0 Å². The molecule has 15 heavy (non-hydrogen) atoms. The maximum Gasteiger partial charge on any atom is 0.363 e. The Morgan fingerprint density at radius 3 is 2.53 bits per heavy atom. The normalized spacial score (nSPS) is 14.3. The van der Waals surface area contributed by atoms with Crippen LogP contribution in [0.1, 0.15) is 19.8 Å². The molecule has 0 saturated heterocycles. The van der Waals surface area contributed by atoms with Crippen molar-refractivity contribution in [2.45, 2.75) is 25.5 Å². The van der Waals surface area contributed by atoms with Crippen molar-refractivity contribution in [1.29, 1.82) is 0 Å². The van der Waals surface area contributed by atoms with Gasteiger partial charge in [0.15, 0.2) is 0 Å². The van der Waals surface area contributed by atoms with Crippen molar-refractivity contribution in [2.24, 2.45) is 5.73 Å². The summed E-state index contributed by atoms with van der Waals surface area (Å²) < 4.78 is 5.28. The number of rotatable bonds is 5. The molecule has 1 aromatic rings. The molecule has 0 spiro atoms. The van der Waals surface area contributed by atoms with Crippen LogP contribution in [0.25, 0.3) is 0 Å².